The van der Waals surface area contributed by atoms with Crippen LogP contribution in [0.3, 0.4) is 0 Å². The summed E-state index contributed by atoms with van der Waals surface area (Å²) in [5, 5.41) is 8.45. The molecule has 0 bridgehead atoms. The molecule has 28 heavy (non-hydrogen) atoms. The van der Waals surface area contributed by atoms with Gasteiger partial charge in [-0.3, -0.25) is 4.79 Å². The van der Waals surface area contributed by atoms with Gasteiger partial charge in [-0.2, -0.15) is 17.5 Å². The number of halogens is 4. The van der Waals surface area contributed by atoms with Crippen molar-refractivity contribution in [3.8, 4) is 0 Å². The van der Waals surface area contributed by atoms with E-state index in [1.54, 1.807) is 6.92 Å². The molecule has 0 radical (unpaired) electrons. The lowest BCUT2D eigenvalue weighted by Crippen LogP contribution is -2.45. The quantitative estimate of drug-likeness (QED) is 0.734. The number of rotatable bonds is 6. The van der Waals surface area contributed by atoms with Crippen LogP contribution < -0.4 is 0 Å². The zero-order chi connectivity index (χ0) is 21.1. The molecular weight excluding hydrogens is 421 g/mol. The van der Waals surface area contributed by atoms with Crippen molar-refractivity contribution < 1.29 is 31.5 Å². The summed E-state index contributed by atoms with van der Waals surface area (Å²) in [6.45, 7) is 2.32. The number of hydrogen-bond donors (Lipinski definition) is 1. The van der Waals surface area contributed by atoms with Gasteiger partial charge in [0.2, 0.25) is 15.9 Å². The van der Waals surface area contributed by atoms with E-state index in [4.69, 9.17) is 16.7 Å². The molecule has 1 fully saturated rings. The lowest BCUT2D eigenvalue weighted by Gasteiger charge is -2.33. The van der Waals surface area contributed by atoms with E-state index in [1.807, 2.05) is 0 Å². The molecule has 1 saturated heterocycles. The third-order valence-corrected chi connectivity index (χ3v) is 6.97. The third-order valence-electron chi connectivity index (χ3n) is 4.75. The number of benzene rings is 1. The van der Waals surface area contributed by atoms with Crippen LogP contribution in [0.25, 0.3) is 0 Å². The number of nitrogens with zero attached hydrogens (tertiary/aromatic N) is 2. The van der Waals surface area contributed by atoms with E-state index in [0.717, 1.165) is 16.4 Å². The average Bonchev–Trinajstić information content (AvgIpc) is 2.65. The van der Waals surface area contributed by atoms with Gasteiger partial charge in [0.25, 0.3) is 0 Å². The minimum atomic E-state index is -4.77. The molecule has 11 heteroatoms. The number of amides is 1. The number of aliphatic hydroxyl groups excluding tert-OH is 1. The van der Waals surface area contributed by atoms with Crippen molar-refractivity contribution in [1.82, 2.24) is 9.21 Å². The van der Waals surface area contributed by atoms with Gasteiger partial charge in [0.15, 0.2) is 0 Å². The fraction of sp³-hybridized carbons (Fsp3) is 0.588. The van der Waals surface area contributed by atoms with Crippen LogP contribution in [-0.4, -0.2) is 61.4 Å². The first kappa shape index (κ1) is 22.9. The Morgan fingerprint density at radius 3 is 2.43 bits per heavy atom. The number of likely N-dealkylation sites (N-methyl/N-ethyl adjacent to an activating group) is 1. The number of sulfonamides is 1. The van der Waals surface area contributed by atoms with Gasteiger partial charge >= 0.3 is 6.18 Å². The normalized spacial score (nSPS) is 16.9. The highest BCUT2D eigenvalue weighted by Gasteiger charge is 2.37. The molecule has 0 spiro atoms. The second kappa shape index (κ2) is 8.98. The summed E-state index contributed by atoms with van der Waals surface area (Å²) in [6, 6.07) is 2.50. The van der Waals surface area contributed by atoms with E-state index in [1.165, 1.54) is 4.90 Å². The zero-order valence-corrected chi connectivity index (χ0v) is 16.8. The van der Waals surface area contributed by atoms with E-state index >= 15 is 0 Å². The minimum absolute atomic E-state index is 0.0272. The molecule has 1 aliphatic heterocycles. The highest BCUT2D eigenvalue weighted by Crippen LogP contribution is 2.36. The van der Waals surface area contributed by atoms with E-state index in [0.29, 0.717) is 12.6 Å². The van der Waals surface area contributed by atoms with Gasteiger partial charge in [0.05, 0.1) is 22.1 Å². The van der Waals surface area contributed by atoms with Crippen molar-refractivity contribution in [1.29, 1.82) is 0 Å². The molecule has 0 atom stereocenters. The summed E-state index contributed by atoms with van der Waals surface area (Å²) in [5.74, 6) is -0.534. The van der Waals surface area contributed by atoms with Crippen LogP contribution in [-0.2, 0) is 21.0 Å². The van der Waals surface area contributed by atoms with Crippen LogP contribution in [0, 0.1) is 5.92 Å². The van der Waals surface area contributed by atoms with Crippen molar-refractivity contribution in [3.63, 3.8) is 0 Å². The number of carbonyl (C=O) groups is 1. The van der Waals surface area contributed by atoms with Crippen LogP contribution in [0.2, 0.25) is 5.02 Å². The molecule has 1 amide bonds. The van der Waals surface area contributed by atoms with E-state index in [9.17, 15) is 26.4 Å². The smallest absolute Gasteiger partial charge is 0.395 e. The Labute approximate surface area is 166 Å². The number of piperidine rings is 1. The Balaban J connectivity index is 2.14. The number of alkyl halides is 3. The van der Waals surface area contributed by atoms with E-state index in [2.05, 4.69) is 0 Å². The molecule has 1 heterocycles. The molecule has 0 aliphatic carbocycles. The maximum atomic E-state index is 13.0. The van der Waals surface area contributed by atoms with Gasteiger partial charge in [0.1, 0.15) is 0 Å². The summed E-state index contributed by atoms with van der Waals surface area (Å²) in [7, 11) is -4.14. The Kier molecular flexibility index (Phi) is 7.35. The molecule has 1 aromatic carbocycles. The predicted octanol–water partition coefficient (Wildman–Crippen LogP) is 2.60. The molecule has 2 rings (SSSR count). The summed E-state index contributed by atoms with van der Waals surface area (Å²) < 4.78 is 65.6. The van der Waals surface area contributed by atoms with Gasteiger partial charge in [0, 0.05) is 32.1 Å². The number of hydrogen-bond acceptors (Lipinski definition) is 4. The van der Waals surface area contributed by atoms with Gasteiger partial charge in [-0.15, -0.1) is 0 Å². The van der Waals surface area contributed by atoms with Crippen LogP contribution in [0.1, 0.15) is 25.3 Å². The first-order chi connectivity index (χ1) is 13.0. The van der Waals surface area contributed by atoms with Crippen molar-refractivity contribution in [2.24, 2.45) is 5.92 Å². The fourth-order valence-corrected chi connectivity index (χ4v) is 4.90. The summed E-state index contributed by atoms with van der Waals surface area (Å²) >= 11 is 5.55. The third kappa shape index (κ3) is 4.97. The molecule has 0 saturated carbocycles. The Hall–Kier alpha value is -1.36. The monoisotopic (exact) mass is 442 g/mol. The zero-order valence-electron chi connectivity index (χ0n) is 15.2. The first-order valence-corrected chi connectivity index (χ1v) is 10.6. The molecule has 1 N–H and O–H groups in total. The summed E-state index contributed by atoms with van der Waals surface area (Å²) in [5.41, 5.74) is -1.21. The lowest BCUT2D eigenvalue weighted by molar-refractivity contribution is -0.138. The predicted molar refractivity (Wildman–Crippen MR) is 97.3 cm³/mol. The molecule has 0 unspecified atom stereocenters. The Morgan fingerprint density at radius 2 is 1.93 bits per heavy atom. The molecular formula is C17H22ClF3N2O4S. The molecule has 0 aromatic heterocycles. The highest BCUT2D eigenvalue weighted by molar-refractivity contribution is 7.89. The Bertz CT molecular complexity index is 809. The second-order valence-corrected chi connectivity index (χ2v) is 8.80. The van der Waals surface area contributed by atoms with Crippen LogP contribution in [0.5, 0.6) is 0 Å². The van der Waals surface area contributed by atoms with Gasteiger partial charge in [-0.05, 0) is 38.0 Å². The van der Waals surface area contributed by atoms with Gasteiger partial charge in [-0.25, -0.2) is 8.42 Å². The molecule has 1 aliphatic rings. The van der Waals surface area contributed by atoms with Crippen LogP contribution in [0.15, 0.2) is 23.1 Å². The maximum absolute atomic E-state index is 13.0. The van der Waals surface area contributed by atoms with Crippen LogP contribution >= 0.6 is 11.6 Å². The second-order valence-electron chi connectivity index (χ2n) is 6.46. The van der Waals surface area contributed by atoms with Crippen molar-refractivity contribution in [2.45, 2.75) is 30.8 Å². The van der Waals surface area contributed by atoms with Crippen molar-refractivity contribution in [3.05, 3.63) is 28.8 Å². The van der Waals surface area contributed by atoms with Crippen LogP contribution in [0.4, 0.5) is 13.2 Å². The standard InChI is InChI=1S/C17H22ClF3N2O4S/c1-2-22(9-10-24)16(25)12-5-7-23(8-6-12)28(26,27)13-3-4-15(18)14(11-13)17(19,20)21/h3-4,11-12,24H,2,5-10H2,1H3. The van der Waals surface area contributed by atoms with Crippen molar-refractivity contribution >= 4 is 27.5 Å². The fourth-order valence-electron chi connectivity index (χ4n) is 3.18. The summed E-state index contributed by atoms with van der Waals surface area (Å²) in [4.78, 5) is 13.5. The first-order valence-electron chi connectivity index (χ1n) is 8.79. The van der Waals surface area contributed by atoms with Crippen molar-refractivity contribution in [2.75, 3.05) is 32.8 Å². The molecule has 6 nitrogen and oxygen atoms in total. The minimum Gasteiger partial charge on any atom is -0.395 e. The largest absolute Gasteiger partial charge is 0.417 e. The Morgan fingerprint density at radius 1 is 1.32 bits per heavy atom. The topological polar surface area (TPSA) is 77.9 Å². The number of aliphatic hydroxyl groups is 1. The average molecular weight is 443 g/mol. The molecule has 1 aromatic rings. The molecule has 158 valence electrons. The summed E-state index contributed by atoms with van der Waals surface area (Å²) in [6.07, 6.45) is -4.24. The SMILES string of the molecule is CCN(CCO)C(=O)C1CCN(S(=O)(=O)c2ccc(Cl)c(C(F)(F)F)c2)CC1. The van der Waals surface area contributed by atoms with E-state index < -0.39 is 31.7 Å². The lowest BCUT2D eigenvalue weighted by atomic mass is 9.96. The van der Waals surface area contributed by atoms with Gasteiger partial charge in [-0.1, -0.05) is 11.6 Å². The van der Waals surface area contributed by atoms with E-state index in [-0.39, 0.29) is 50.9 Å². The maximum Gasteiger partial charge on any atom is 0.417 e. The van der Waals surface area contributed by atoms with Gasteiger partial charge < -0.3 is 10.0 Å². The highest BCUT2D eigenvalue weighted by atomic mass is 35.5. The number of carbonyl (C=O) groups excluding carboxylic acids is 1.